The van der Waals surface area contributed by atoms with Gasteiger partial charge < -0.3 is 9.64 Å². The van der Waals surface area contributed by atoms with Gasteiger partial charge >= 0.3 is 0 Å². The van der Waals surface area contributed by atoms with Gasteiger partial charge in [0.25, 0.3) is 0 Å². The van der Waals surface area contributed by atoms with Crippen LogP contribution < -0.4 is 0 Å². The highest BCUT2D eigenvalue weighted by Crippen LogP contribution is 2.35. The van der Waals surface area contributed by atoms with E-state index in [9.17, 15) is 0 Å². The van der Waals surface area contributed by atoms with Crippen LogP contribution >= 0.6 is 0 Å². The van der Waals surface area contributed by atoms with E-state index in [2.05, 4.69) is 18.9 Å². The normalized spacial score (nSPS) is 38.6. The predicted molar refractivity (Wildman–Crippen MR) is 58.4 cm³/mol. The molecule has 1 saturated heterocycles. The Hall–Kier alpha value is -0.0800. The maximum Gasteiger partial charge on any atom is 0.0714 e. The van der Waals surface area contributed by atoms with E-state index < -0.39 is 0 Å². The molecule has 1 aliphatic carbocycles. The van der Waals surface area contributed by atoms with Gasteiger partial charge in [-0.25, -0.2) is 0 Å². The van der Waals surface area contributed by atoms with Crippen molar-refractivity contribution in [1.29, 1.82) is 0 Å². The first-order chi connectivity index (χ1) is 6.74. The fourth-order valence-corrected chi connectivity index (χ4v) is 2.74. The number of likely N-dealkylation sites (tertiary alicyclic amines) is 1. The molecular formula is C12H23NO. The molecule has 1 unspecified atom stereocenters. The van der Waals surface area contributed by atoms with Gasteiger partial charge in [0.2, 0.25) is 0 Å². The molecule has 0 N–H and O–H groups in total. The molecule has 0 bridgehead atoms. The van der Waals surface area contributed by atoms with Gasteiger partial charge in [0.15, 0.2) is 0 Å². The van der Waals surface area contributed by atoms with E-state index in [4.69, 9.17) is 4.74 Å². The van der Waals surface area contributed by atoms with Crippen LogP contribution in [0.1, 0.15) is 32.6 Å². The van der Waals surface area contributed by atoms with Crippen LogP contribution in [-0.4, -0.2) is 37.7 Å². The lowest BCUT2D eigenvalue weighted by Gasteiger charge is -2.32. The standard InChI is InChI=1S/C12H23NO/c1-10-7-11(8-10)4-6-14-12-3-5-13(2)9-12/h10-12H,3-9H2,1-2H3. The summed E-state index contributed by atoms with van der Waals surface area (Å²) in [6.07, 6.45) is 5.93. The summed E-state index contributed by atoms with van der Waals surface area (Å²) in [5, 5.41) is 0. The largest absolute Gasteiger partial charge is 0.377 e. The van der Waals surface area contributed by atoms with Crippen LogP contribution in [0.3, 0.4) is 0 Å². The molecule has 0 spiro atoms. The first-order valence-corrected chi connectivity index (χ1v) is 6.04. The zero-order valence-corrected chi connectivity index (χ0v) is 9.54. The van der Waals surface area contributed by atoms with Gasteiger partial charge in [-0.15, -0.1) is 0 Å². The van der Waals surface area contributed by atoms with Crippen LogP contribution in [0.15, 0.2) is 0 Å². The molecule has 2 heteroatoms. The van der Waals surface area contributed by atoms with Crippen molar-refractivity contribution in [3.05, 3.63) is 0 Å². The average Bonchev–Trinajstić information content (AvgIpc) is 2.48. The Morgan fingerprint density at radius 3 is 2.71 bits per heavy atom. The van der Waals surface area contributed by atoms with Crippen molar-refractivity contribution in [3.63, 3.8) is 0 Å². The van der Waals surface area contributed by atoms with E-state index in [1.807, 2.05) is 0 Å². The van der Waals surface area contributed by atoms with E-state index in [0.29, 0.717) is 6.10 Å². The van der Waals surface area contributed by atoms with Crippen molar-refractivity contribution in [2.75, 3.05) is 26.7 Å². The molecule has 2 aliphatic rings. The van der Waals surface area contributed by atoms with Crippen molar-refractivity contribution < 1.29 is 4.74 Å². The van der Waals surface area contributed by atoms with E-state index in [-0.39, 0.29) is 0 Å². The molecule has 1 atom stereocenters. The first-order valence-electron chi connectivity index (χ1n) is 6.04. The summed E-state index contributed by atoms with van der Waals surface area (Å²) in [4.78, 5) is 2.36. The molecule has 14 heavy (non-hydrogen) atoms. The van der Waals surface area contributed by atoms with Crippen LogP contribution in [0.5, 0.6) is 0 Å². The summed E-state index contributed by atoms with van der Waals surface area (Å²) < 4.78 is 5.87. The number of hydrogen-bond acceptors (Lipinski definition) is 2. The van der Waals surface area contributed by atoms with Crippen LogP contribution in [0.4, 0.5) is 0 Å². The van der Waals surface area contributed by atoms with Gasteiger partial charge in [-0.3, -0.25) is 0 Å². The molecule has 1 saturated carbocycles. The Kier molecular flexibility index (Phi) is 3.45. The third-order valence-corrected chi connectivity index (χ3v) is 3.70. The Morgan fingerprint density at radius 2 is 2.14 bits per heavy atom. The van der Waals surface area contributed by atoms with Crippen LogP contribution in [0.2, 0.25) is 0 Å². The number of likely N-dealkylation sites (N-methyl/N-ethyl adjacent to an activating group) is 1. The molecule has 0 aromatic rings. The molecule has 82 valence electrons. The van der Waals surface area contributed by atoms with Crippen LogP contribution in [0, 0.1) is 11.8 Å². The fraction of sp³-hybridized carbons (Fsp3) is 1.00. The smallest absolute Gasteiger partial charge is 0.0714 e. The van der Waals surface area contributed by atoms with E-state index in [1.165, 1.54) is 32.2 Å². The second-order valence-corrected chi connectivity index (χ2v) is 5.27. The summed E-state index contributed by atoms with van der Waals surface area (Å²) in [5.74, 6) is 1.96. The zero-order chi connectivity index (χ0) is 9.97. The van der Waals surface area contributed by atoms with Crippen LogP contribution in [0.25, 0.3) is 0 Å². The Balaban J connectivity index is 1.51. The summed E-state index contributed by atoms with van der Waals surface area (Å²) in [6.45, 7) is 5.70. The molecule has 0 aromatic heterocycles. The minimum atomic E-state index is 0.525. The Labute approximate surface area is 87.6 Å². The molecule has 1 heterocycles. The lowest BCUT2D eigenvalue weighted by molar-refractivity contribution is 0.0384. The van der Waals surface area contributed by atoms with Gasteiger partial charge in [0, 0.05) is 19.7 Å². The molecule has 0 radical (unpaired) electrons. The quantitative estimate of drug-likeness (QED) is 0.684. The second-order valence-electron chi connectivity index (χ2n) is 5.27. The molecule has 1 aliphatic heterocycles. The topological polar surface area (TPSA) is 12.5 Å². The minimum absolute atomic E-state index is 0.525. The Morgan fingerprint density at radius 1 is 1.36 bits per heavy atom. The highest BCUT2D eigenvalue weighted by molar-refractivity contribution is 4.77. The lowest BCUT2D eigenvalue weighted by Crippen LogP contribution is -2.24. The molecular weight excluding hydrogens is 174 g/mol. The van der Waals surface area contributed by atoms with Crippen molar-refractivity contribution in [2.45, 2.75) is 38.7 Å². The van der Waals surface area contributed by atoms with E-state index >= 15 is 0 Å². The van der Waals surface area contributed by atoms with Gasteiger partial charge in [0.05, 0.1) is 6.10 Å². The summed E-state index contributed by atoms with van der Waals surface area (Å²) >= 11 is 0. The Bertz CT molecular complexity index is 177. The van der Waals surface area contributed by atoms with E-state index in [0.717, 1.165) is 25.0 Å². The van der Waals surface area contributed by atoms with Gasteiger partial charge in [-0.2, -0.15) is 0 Å². The maximum absolute atomic E-state index is 5.87. The lowest BCUT2D eigenvalue weighted by atomic mass is 9.75. The van der Waals surface area contributed by atoms with E-state index in [1.54, 1.807) is 0 Å². The van der Waals surface area contributed by atoms with Gasteiger partial charge in [0.1, 0.15) is 0 Å². The monoisotopic (exact) mass is 197 g/mol. The van der Waals surface area contributed by atoms with Crippen molar-refractivity contribution in [3.8, 4) is 0 Å². The van der Waals surface area contributed by atoms with Gasteiger partial charge in [-0.05, 0) is 44.6 Å². The summed E-state index contributed by atoms with van der Waals surface area (Å²) in [5.41, 5.74) is 0. The highest BCUT2D eigenvalue weighted by Gasteiger charge is 2.25. The average molecular weight is 197 g/mol. The molecule has 2 rings (SSSR count). The van der Waals surface area contributed by atoms with Crippen molar-refractivity contribution in [2.24, 2.45) is 11.8 Å². The molecule has 0 aromatic carbocycles. The fourth-order valence-electron chi connectivity index (χ4n) is 2.74. The second kappa shape index (κ2) is 4.63. The van der Waals surface area contributed by atoms with Crippen molar-refractivity contribution >= 4 is 0 Å². The van der Waals surface area contributed by atoms with Crippen LogP contribution in [-0.2, 0) is 4.74 Å². The third kappa shape index (κ3) is 2.71. The zero-order valence-electron chi connectivity index (χ0n) is 9.54. The summed E-state index contributed by atoms with van der Waals surface area (Å²) in [6, 6.07) is 0. The number of rotatable bonds is 4. The molecule has 2 fully saturated rings. The number of hydrogen-bond donors (Lipinski definition) is 0. The maximum atomic E-state index is 5.87. The number of ether oxygens (including phenoxy) is 1. The van der Waals surface area contributed by atoms with Gasteiger partial charge in [-0.1, -0.05) is 6.92 Å². The minimum Gasteiger partial charge on any atom is -0.377 e. The SMILES string of the molecule is CC1CC(CCOC2CCN(C)C2)C1. The molecule has 2 nitrogen and oxygen atoms in total. The summed E-state index contributed by atoms with van der Waals surface area (Å²) in [7, 11) is 2.18. The van der Waals surface area contributed by atoms with Crippen molar-refractivity contribution in [1.82, 2.24) is 4.90 Å². The molecule has 0 amide bonds. The highest BCUT2D eigenvalue weighted by atomic mass is 16.5. The first kappa shape index (κ1) is 10.4. The third-order valence-electron chi connectivity index (χ3n) is 3.70. The number of nitrogens with zero attached hydrogens (tertiary/aromatic N) is 1. The predicted octanol–water partition coefficient (Wildman–Crippen LogP) is 2.14.